The van der Waals surface area contributed by atoms with Gasteiger partial charge < -0.3 is 5.73 Å². The van der Waals surface area contributed by atoms with Crippen molar-refractivity contribution in [2.24, 2.45) is 0 Å². The van der Waals surface area contributed by atoms with Gasteiger partial charge in [-0.1, -0.05) is 0 Å². The molecule has 7 nitrogen and oxygen atoms in total. The molecule has 0 bridgehead atoms. The fourth-order valence-electron chi connectivity index (χ4n) is 0.718. The highest BCUT2D eigenvalue weighted by molar-refractivity contribution is 5.67. The molecule has 2 aromatic rings. The first-order valence-corrected chi connectivity index (χ1v) is 2.75. The van der Waals surface area contributed by atoms with Crippen molar-refractivity contribution >= 4 is 17.1 Å². The first-order chi connectivity index (χ1) is 5.27. The van der Waals surface area contributed by atoms with Crippen LogP contribution in [0.25, 0.3) is 11.2 Å². The van der Waals surface area contributed by atoms with Gasteiger partial charge in [-0.3, -0.25) is 9.78 Å². The van der Waals surface area contributed by atoms with Gasteiger partial charge in [-0.25, -0.2) is 4.63 Å². The van der Waals surface area contributed by atoms with Crippen molar-refractivity contribution in [2.45, 2.75) is 0 Å². The quantitative estimate of drug-likeness (QED) is 0.496. The summed E-state index contributed by atoms with van der Waals surface area (Å²) in [5, 5.41) is 6.65. The molecule has 0 aliphatic rings. The van der Waals surface area contributed by atoms with Gasteiger partial charge in [0, 0.05) is 0 Å². The van der Waals surface area contributed by atoms with Gasteiger partial charge in [-0.05, 0) is 10.3 Å². The number of aromatic nitrogens is 4. The minimum absolute atomic E-state index is 0.00167. The number of nitrogen functional groups attached to an aromatic ring is 1. The van der Waals surface area contributed by atoms with Gasteiger partial charge in [0.25, 0.3) is 5.56 Å². The predicted molar refractivity (Wildman–Crippen MR) is 34.6 cm³/mol. The van der Waals surface area contributed by atoms with E-state index in [-0.39, 0.29) is 17.1 Å². The number of nitrogens with zero attached hydrogens (tertiary/aromatic N) is 3. The Bertz CT molecular complexity index is 443. The summed E-state index contributed by atoms with van der Waals surface area (Å²) in [4.78, 5) is 16.8. The van der Waals surface area contributed by atoms with Crippen LogP contribution in [0, 0.1) is 0 Å². The van der Waals surface area contributed by atoms with Crippen molar-refractivity contribution < 1.29 is 4.63 Å². The number of H-pyrrole nitrogens is 1. The molecule has 0 aliphatic carbocycles. The van der Waals surface area contributed by atoms with Gasteiger partial charge in [0.15, 0.2) is 0 Å². The Morgan fingerprint density at radius 1 is 1.45 bits per heavy atom. The summed E-state index contributed by atoms with van der Waals surface area (Å²) in [6.45, 7) is 0. The van der Waals surface area contributed by atoms with Crippen LogP contribution in [0.1, 0.15) is 0 Å². The Morgan fingerprint density at radius 2 is 2.27 bits per heavy atom. The molecule has 2 heterocycles. The van der Waals surface area contributed by atoms with Crippen LogP contribution in [0.3, 0.4) is 0 Å². The zero-order valence-corrected chi connectivity index (χ0v) is 5.24. The summed E-state index contributed by atoms with van der Waals surface area (Å²) in [6, 6.07) is 0. The van der Waals surface area contributed by atoms with E-state index in [1.165, 1.54) is 0 Å². The molecule has 3 N–H and O–H groups in total. The molecule has 0 aliphatic heterocycles. The molecular formula is C4H3N5O2. The van der Waals surface area contributed by atoms with Crippen LogP contribution >= 0.6 is 0 Å². The predicted octanol–water partition coefficient (Wildman–Crippen LogP) is -1.11. The number of aromatic amines is 1. The number of nitrogens with one attached hydrogen (secondary N) is 1. The normalized spacial score (nSPS) is 10.5. The number of fused-ring (bicyclic) bond motifs is 1. The number of anilines is 1. The van der Waals surface area contributed by atoms with Gasteiger partial charge in [0.1, 0.15) is 0 Å². The van der Waals surface area contributed by atoms with Gasteiger partial charge in [-0.2, -0.15) is 4.98 Å². The van der Waals surface area contributed by atoms with E-state index in [9.17, 15) is 4.79 Å². The minimum Gasteiger partial charge on any atom is -0.369 e. The van der Waals surface area contributed by atoms with Crippen LogP contribution in [-0.2, 0) is 0 Å². The van der Waals surface area contributed by atoms with Gasteiger partial charge in [-0.15, -0.1) is 0 Å². The van der Waals surface area contributed by atoms with Gasteiger partial charge >= 0.3 is 0 Å². The molecule has 0 aromatic carbocycles. The first kappa shape index (κ1) is 5.83. The summed E-state index contributed by atoms with van der Waals surface area (Å²) in [5.41, 5.74) is 4.93. The van der Waals surface area contributed by atoms with E-state index in [1.807, 2.05) is 0 Å². The minimum atomic E-state index is -0.450. The van der Waals surface area contributed by atoms with E-state index in [1.54, 1.807) is 0 Å². The molecule has 0 saturated carbocycles. The van der Waals surface area contributed by atoms with Crippen LogP contribution in [0.15, 0.2) is 9.42 Å². The Labute approximate surface area is 59.2 Å². The highest BCUT2D eigenvalue weighted by Gasteiger charge is 2.05. The van der Waals surface area contributed by atoms with Crippen molar-refractivity contribution in [3.05, 3.63) is 10.4 Å². The van der Waals surface area contributed by atoms with Crippen molar-refractivity contribution in [3.8, 4) is 0 Å². The molecule has 7 heteroatoms. The van der Waals surface area contributed by atoms with E-state index in [4.69, 9.17) is 5.73 Å². The fourth-order valence-corrected chi connectivity index (χ4v) is 0.718. The Balaban J connectivity index is 3.02. The Hall–Kier alpha value is -1.92. The summed E-state index contributed by atoms with van der Waals surface area (Å²) in [6.07, 6.45) is 0. The highest BCUT2D eigenvalue weighted by Crippen LogP contribution is 1.98. The molecule has 56 valence electrons. The standard InChI is InChI=1S/C4H3N5O2/c5-4-6-2-1(3(10)7-4)8-11-9-2/h(H3,5,6,7,9,10). The van der Waals surface area contributed by atoms with Crippen LogP contribution in [0.4, 0.5) is 5.95 Å². The maximum Gasteiger partial charge on any atom is 0.284 e. The van der Waals surface area contributed by atoms with Crippen LogP contribution in [0.2, 0.25) is 0 Å². The first-order valence-electron chi connectivity index (χ1n) is 2.75. The van der Waals surface area contributed by atoms with E-state index < -0.39 is 5.56 Å². The zero-order chi connectivity index (χ0) is 7.84. The van der Waals surface area contributed by atoms with Crippen LogP contribution in [0.5, 0.6) is 0 Å². The maximum atomic E-state index is 10.9. The molecule has 2 aromatic heterocycles. The molecule has 11 heavy (non-hydrogen) atoms. The lowest BCUT2D eigenvalue weighted by molar-refractivity contribution is 0.314. The Morgan fingerprint density at radius 3 is 3.09 bits per heavy atom. The molecule has 0 fully saturated rings. The average molecular weight is 153 g/mol. The third-order valence-electron chi connectivity index (χ3n) is 1.15. The summed E-state index contributed by atoms with van der Waals surface area (Å²) in [5.74, 6) is -0.00167. The van der Waals surface area contributed by atoms with E-state index in [0.717, 1.165) is 0 Å². The number of hydrogen-bond donors (Lipinski definition) is 2. The lowest BCUT2D eigenvalue weighted by Crippen LogP contribution is -2.10. The van der Waals surface area contributed by atoms with E-state index in [2.05, 4.69) is 24.9 Å². The molecule has 0 spiro atoms. The molecule has 0 unspecified atom stereocenters. The third kappa shape index (κ3) is 0.741. The average Bonchev–Trinajstić information content (AvgIpc) is 2.34. The van der Waals surface area contributed by atoms with Crippen molar-refractivity contribution in [1.29, 1.82) is 0 Å². The monoisotopic (exact) mass is 153 g/mol. The number of rotatable bonds is 0. The summed E-state index contributed by atoms with van der Waals surface area (Å²) in [7, 11) is 0. The van der Waals surface area contributed by atoms with Gasteiger partial charge in [0.05, 0.1) is 0 Å². The number of hydrogen-bond acceptors (Lipinski definition) is 6. The molecule has 0 amide bonds. The fraction of sp³-hybridized carbons (Fsp3) is 0. The van der Waals surface area contributed by atoms with E-state index >= 15 is 0 Å². The topological polar surface area (TPSA) is 111 Å². The zero-order valence-electron chi connectivity index (χ0n) is 5.24. The second-order valence-electron chi connectivity index (χ2n) is 1.89. The molecular weight excluding hydrogens is 150 g/mol. The lowest BCUT2D eigenvalue weighted by atomic mass is 10.5. The smallest absolute Gasteiger partial charge is 0.284 e. The number of nitrogens with two attached hydrogens (primary N) is 1. The van der Waals surface area contributed by atoms with Crippen molar-refractivity contribution in [2.75, 3.05) is 5.73 Å². The van der Waals surface area contributed by atoms with Crippen molar-refractivity contribution in [3.63, 3.8) is 0 Å². The Kier molecular flexibility index (Phi) is 0.945. The molecule has 0 radical (unpaired) electrons. The molecule has 0 atom stereocenters. The van der Waals surface area contributed by atoms with Crippen molar-refractivity contribution in [1.82, 2.24) is 20.3 Å². The van der Waals surface area contributed by atoms with Gasteiger partial charge in [0.2, 0.25) is 17.1 Å². The summed E-state index contributed by atoms with van der Waals surface area (Å²) < 4.78 is 4.26. The highest BCUT2D eigenvalue weighted by atomic mass is 16.6. The van der Waals surface area contributed by atoms with Crippen LogP contribution in [-0.4, -0.2) is 20.3 Å². The second kappa shape index (κ2) is 1.78. The third-order valence-corrected chi connectivity index (χ3v) is 1.15. The maximum absolute atomic E-state index is 10.9. The molecule has 2 rings (SSSR count). The van der Waals surface area contributed by atoms with E-state index in [0.29, 0.717) is 0 Å². The van der Waals surface area contributed by atoms with Crippen LogP contribution < -0.4 is 11.3 Å². The largest absolute Gasteiger partial charge is 0.369 e. The molecule has 0 saturated heterocycles. The lowest BCUT2D eigenvalue weighted by Gasteiger charge is -1.86. The SMILES string of the molecule is Nc1nc2nonc2c(=O)[nH]1. The second-order valence-corrected chi connectivity index (χ2v) is 1.89. The summed E-state index contributed by atoms with van der Waals surface area (Å²) >= 11 is 0.